The second-order valence-corrected chi connectivity index (χ2v) is 6.79. The van der Waals surface area contributed by atoms with E-state index in [2.05, 4.69) is 39.2 Å². The van der Waals surface area contributed by atoms with Crippen LogP contribution in [-0.4, -0.2) is 45.0 Å². The third-order valence-electron chi connectivity index (χ3n) is 4.35. The summed E-state index contributed by atoms with van der Waals surface area (Å²) in [5.41, 5.74) is 11.3. The van der Waals surface area contributed by atoms with Gasteiger partial charge in [0.15, 0.2) is 0 Å². The first kappa shape index (κ1) is 18.2. The largest absolute Gasteiger partial charge is 0.326 e. The Morgan fingerprint density at radius 1 is 1.38 bits per heavy atom. The first-order valence-electron chi connectivity index (χ1n) is 8.87. The smallest absolute Gasteiger partial charge is 0.274 e. The lowest BCUT2D eigenvalue weighted by atomic mass is 10.1. The molecule has 0 radical (unpaired) electrons. The monoisotopic (exact) mass is 355 g/mol. The standard InChI is InChI=1S/C18H25N7O/c1-13(2)17-8-16(5-6-22-17)25(24-7-3-4-15(19)11-24)23-18(26)14-9-20-12-21-10-14/h5-6,8-10,12-13,15H,3-4,7,11,19H2,1-2H3,(H,23,26)/t15-/m0/s1. The quantitative estimate of drug-likeness (QED) is 0.784. The molecule has 1 fully saturated rings. The van der Waals surface area contributed by atoms with Gasteiger partial charge in [-0.3, -0.25) is 9.78 Å². The highest BCUT2D eigenvalue weighted by atomic mass is 16.2. The number of nitrogens with one attached hydrogen (secondary N) is 1. The molecule has 1 amide bonds. The fourth-order valence-electron chi connectivity index (χ4n) is 2.93. The zero-order valence-electron chi connectivity index (χ0n) is 15.2. The van der Waals surface area contributed by atoms with E-state index in [9.17, 15) is 4.79 Å². The Balaban J connectivity index is 1.89. The molecule has 3 N–H and O–H groups in total. The molecule has 2 aromatic heterocycles. The minimum Gasteiger partial charge on any atom is -0.326 e. The summed E-state index contributed by atoms with van der Waals surface area (Å²) in [5.74, 6) is 0.0197. The lowest BCUT2D eigenvalue weighted by molar-refractivity contribution is 0.0879. The van der Waals surface area contributed by atoms with Crippen molar-refractivity contribution in [3.8, 4) is 0 Å². The van der Waals surface area contributed by atoms with Crippen molar-refractivity contribution in [1.29, 1.82) is 0 Å². The van der Waals surface area contributed by atoms with Crippen LogP contribution < -0.4 is 16.3 Å². The van der Waals surface area contributed by atoms with E-state index in [1.807, 2.05) is 12.1 Å². The molecule has 2 aromatic rings. The van der Waals surface area contributed by atoms with Gasteiger partial charge in [0, 0.05) is 43.4 Å². The predicted molar refractivity (Wildman–Crippen MR) is 99.1 cm³/mol. The van der Waals surface area contributed by atoms with Crippen molar-refractivity contribution in [2.75, 3.05) is 18.2 Å². The minimum absolute atomic E-state index is 0.0783. The van der Waals surface area contributed by atoms with Crippen LogP contribution in [0.1, 0.15) is 48.7 Å². The van der Waals surface area contributed by atoms with Gasteiger partial charge >= 0.3 is 0 Å². The summed E-state index contributed by atoms with van der Waals surface area (Å²) >= 11 is 0. The van der Waals surface area contributed by atoms with E-state index in [1.165, 1.54) is 18.7 Å². The van der Waals surface area contributed by atoms with E-state index < -0.39 is 0 Å². The SMILES string of the molecule is CC(C)c1cc(N(NC(=O)c2cncnc2)N2CCC[C@H](N)C2)ccn1. The third kappa shape index (κ3) is 4.33. The highest BCUT2D eigenvalue weighted by Gasteiger charge is 2.25. The molecule has 3 heterocycles. The number of hydrazine groups is 2. The summed E-state index contributed by atoms with van der Waals surface area (Å²) in [5, 5.41) is 3.84. The molecule has 1 aliphatic heterocycles. The van der Waals surface area contributed by atoms with Crippen molar-refractivity contribution >= 4 is 11.6 Å². The molecule has 0 aliphatic carbocycles. The Kier molecular flexibility index (Phi) is 5.75. The van der Waals surface area contributed by atoms with Crippen molar-refractivity contribution in [3.63, 3.8) is 0 Å². The number of rotatable bonds is 5. The van der Waals surface area contributed by atoms with Gasteiger partial charge in [0.25, 0.3) is 5.91 Å². The molecule has 8 nitrogen and oxygen atoms in total. The topological polar surface area (TPSA) is 100 Å². The van der Waals surface area contributed by atoms with Crippen molar-refractivity contribution in [3.05, 3.63) is 48.3 Å². The van der Waals surface area contributed by atoms with Gasteiger partial charge in [0.05, 0.1) is 11.3 Å². The van der Waals surface area contributed by atoms with Crippen LogP contribution in [-0.2, 0) is 0 Å². The zero-order valence-corrected chi connectivity index (χ0v) is 15.2. The fourth-order valence-corrected chi connectivity index (χ4v) is 2.93. The van der Waals surface area contributed by atoms with E-state index in [0.29, 0.717) is 18.0 Å². The number of hydrogen-bond acceptors (Lipinski definition) is 7. The highest BCUT2D eigenvalue weighted by Crippen LogP contribution is 2.22. The maximum atomic E-state index is 12.7. The summed E-state index contributed by atoms with van der Waals surface area (Å²) < 4.78 is 0. The van der Waals surface area contributed by atoms with Crippen LogP contribution in [0.3, 0.4) is 0 Å². The van der Waals surface area contributed by atoms with Crippen molar-refractivity contribution < 1.29 is 4.79 Å². The minimum atomic E-state index is -0.271. The molecular formula is C18H25N7O. The Labute approximate surface area is 153 Å². The summed E-state index contributed by atoms with van der Waals surface area (Å²) in [6.45, 7) is 5.67. The average Bonchev–Trinajstić information content (AvgIpc) is 2.66. The molecule has 1 atom stereocenters. The van der Waals surface area contributed by atoms with Gasteiger partial charge in [-0.25, -0.2) is 25.5 Å². The molecule has 0 bridgehead atoms. The Morgan fingerprint density at radius 2 is 2.15 bits per heavy atom. The van der Waals surface area contributed by atoms with Crippen molar-refractivity contribution in [2.45, 2.75) is 38.6 Å². The highest BCUT2D eigenvalue weighted by molar-refractivity contribution is 5.94. The first-order chi connectivity index (χ1) is 12.5. The lowest BCUT2D eigenvalue weighted by Gasteiger charge is -2.40. The Hall–Kier alpha value is -2.58. The van der Waals surface area contributed by atoms with Crippen molar-refractivity contribution in [2.24, 2.45) is 5.73 Å². The fraction of sp³-hybridized carbons (Fsp3) is 0.444. The molecule has 138 valence electrons. The van der Waals surface area contributed by atoms with Crippen LogP contribution in [0, 0.1) is 0 Å². The number of pyridine rings is 1. The van der Waals surface area contributed by atoms with Crippen LogP contribution in [0.15, 0.2) is 37.1 Å². The van der Waals surface area contributed by atoms with E-state index in [-0.39, 0.29) is 11.9 Å². The number of carbonyl (C=O) groups is 1. The number of hydrogen-bond donors (Lipinski definition) is 2. The van der Waals surface area contributed by atoms with Gasteiger partial charge in [-0.05, 0) is 30.9 Å². The molecule has 1 saturated heterocycles. The summed E-state index contributed by atoms with van der Waals surface area (Å²) in [7, 11) is 0. The van der Waals surface area contributed by atoms with E-state index in [4.69, 9.17) is 5.73 Å². The normalized spacial score (nSPS) is 17.9. The summed E-state index contributed by atoms with van der Waals surface area (Å²) in [6.07, 6.45) is 8.11. The van der Waals surface area contributed by atoms with Gasteiger partial charge in [-0.1, -0.05) is 13.8 Å². The van der Waals surface area contributed by atoms with Crippen LogP contribution in [0.25, 0.3) is 0 Å². The number of piperidine rings is 1. The number of aromatic nitrogens is 3. The molecule has 1 aliphatic rings. The van der Waals surface area contributed by atoms with Crippen LogP contribution >= 0.6 is 0 Å². The molecular weight excluding hydrogens is 330 g/mol. The van der Waals surface area contributed by atoms with Gasteiger partial charge in [-0.15, -0.1) is 0 Å². The van der Waals surface area contributed by atoms with Crippen LogP contribution in [0.5, 0.6) is 0 Å². The van der Waals surface area contributed by atoms with E-state index in [1.54, 1.807) is 11.3 Å². The predicted octanol–water partition coefficient (Wildman–Crippen LogP) is 1.48. The molecule has 26 heavy (non-hydrogen) atoms. The number of anilines is 1. The van der Waals surface area contributed by atoms with E-state index >= 15 is 0 Å². The third-order valence-corrected chi connectivity index (χ3v) is 4.35. The maximum Gasteiger partial charge on any atom is 0.274 e. The average molecular weight is 355 g/mol. The second kappa shape index (κ2) is 8.20. The number of carbonyl (C=O) groups excluding carboxylic acids is 1. The van der Waals surface area contributed by atoms with Crippen LogP contribution in [0.2, 0.25) is 0 Å². The lowest BCUT2D eigenvalue weighted by Crippen LogP contribution is -2.58. The molecule has 0 aromatic carbocycles. The number of amides is 1. The maximum absolute atomic E-state index is 12.7. The molecule has 0 saturated carbocycles. The molecule has 3 rings (SSSR count). The second-order valence-electron chi connectivity index (χ2n) is 6.79. The summed E-state index contributed by atoms with van der Waals surface area (Å²) in [4.78, 5) is 24.9. The van der Waals surface area contributed by atoms with Gasteiger partial charge in [0.1, 0.15) is 6.33 Å². The Morgan fingerprint density at radius 3 is 2.85 bits per heavy atom. The van der Waals surface area contributed by atoms with Crippen molar-refractivity contribution in [1.82, 2.24) is 25.4 Å². The van der Waals surface area contributed by atoms with Gasteiger partial charge in [-0.2, -0.15) is 0 Å². The molecule has 0 spiro atoms. The van der Waals surface area contributed by atoms with Crippen LogP contribution in [0.4, 0.5) is 5.69 Å². The number of nitrogens with two attached hydrogens (primary N) is 1. The zero-order chi connectivity index (χ0) is 18.5. The molecule has 0 unspecified atom stereocenters. The van der Waals surface area contributed by atoms with E-state index in [0.717, 1.165) is 30.8 Å². The number of nitrogens with zero attached hydrogens (tertiary/aromatic N) is 5. The molecule has 8 heteroatoms. The van der Waals surface area contributed by atoms with Gasteiger partial charge in [0.2, 0.25) is 0 Å². The van der Waals surface area contributed by atoms with Gasteiger partial charge < -0.3 is 5.73 Å². The summed E-state index contributed by atoms with van der Waals surface area (Å²) in [6, 6.07) is 3.95. The Bertz CT molecular complexity index is 737. The first-order valence-corrected chi connectivity index (χ1v) is 8.87.